The van der Waals surface area contributed by atoms with Crippen molar-refractivity contribution in [2.45, 2.75) is 12.8 Å². The quantitative estimate of drug-likeness (QED) is 0.130. The fourth-order valence-corrected chi connectivity index (χ4v) is 7.64. The van der Waals surface area contributed by atoms with Crippen LogP contribution in [0.25, 0.3) is 44.1 Å². The summed E-state index contributed by atoms with van der Waals surface area (Å²) in [5.74, 6) is 1.26. The molecule has 0 unspecified atom stereocenters. The monoisotopic (exact) mass is 728 g/mol. The average Bonchev–Trinajstić information content (AvgIpc) is 3.17. The van der Waals surface area contributed by atoms with Gasteiger partial charge in [-0.2, -0.15) is 8.42 Å². The number of nitrogens with one attached hydrogen (secondary N) is 2. The van der Waals surface area contributed by atoms with Gasteiger partial charge in [0.05, 0.1) is 23.3 Å². The minimum Gasteiger partial charge on any atom is -0.450 e. The summed E-state index contributed by atoms with van der Waals surface area (Å²) in [6, 6.07) is 10.6. The highest BCUT2D eigenvalue weighted by atomic mass is 35.5. The summed E-state index contributed by atoms with van der Waals surface area (Å²) < 4.78 is 45.4. The predicted octanol–water partition coefficient (Wildman–Crippen LogP) is 7.15. The maximum Gasteiger partial charge on any atom is 0.309 e. The smallest absolute Gasteiger partial charge is 0.309 e. The Bertz CT molecular complexity index is 2930. The molecule has 52 heavy (non-hydrogen) atoms. The van der Waals surface area contributed by atoms with Gasteiger partial charge in [-0.25, -0.2) is 19.9 Å². The van der Waals surface area contributed by atoms with Crippen LogP contribution in [0.1, 0.15) is 12.0 Å². The molecule has 0 saturated carbocycles. The molecule has 0 saturated heterocycles. The van der Waals surface area contributed by atoms with Gasteiger partial charge < -0.3 is 24.3 Å². The summed E-state index contributed by atoms with van der Waals surface area (Å²) in [5.41, 5.74) is 7.12. The summed E-state index contributed by atoms with van der Waals surface area (Å²) in [6.07, 6.45) is 11.5. The summed E-state index contributed by atoms with van der Waals surface area (Å²) in [5, 5.41) is 6.96. The fourth-order valence-electron chi connectivity index (χ4n) is 6.52. The Morgan fingerprint density at radius 2 is 1.15 bits per heavy atom. The lowest BCUT2D eigenvalue weighted by Gasteiger charge is -2.25. The van der Waals surface area contributed by atoms with Crippen molar-refractivity contribution in [3.05, 3.63) is 90.5 Å². The van der Waals surface area contributed by atoms with Gasteiger partial charge >= 0.3 is 10.1 Å². The summed E-state index contributed by atoms with van der Waals surface area (Å²) in [4.78, 5) is 35.8. The number of aryl methyl sites for hydroxylation is 1. The lowest BCUT2D eigenvalue weighted by Crippen LogP contribution is -2.16. The average molecular weight is 729 g/mol. The zero-order valence-electron chi connectivity index (χ0n) is 26.5. The summed E-state index contributed by atoms with van der Waals surface area (Å²) >= 11 is 6.17. The molecule has 0 fully saturated rings. The van der Waals surface area contributed by atoms with E-state index in [4.69, 9.17) is 25.3 Å². The normalized spacial score (nSPS) is 12.9. The lowest BCUT2D eigenvalue weighted by atomic mass is 10.1. The Balaban J connectivity index is 0.909. The van der Waals surface area contributed by atoms with Gasteiger partial charge in [0.2, 0.25) is 0 Å². The van der Waals surface area contributed by atoms with Gasteiger partial charge in [-0.3, -0.25) is 19.9 Å². The third-order valence-corrected chi connectivity index (χ3v) is 10.1. The number of hydrogen-bond acceptors (Lipinski definition) is 15. The van der Waals surface area contributed by atoms with E-state index in [0.29, 0.717) is 90.6 Å². The molecular weight excluding hydrogens is 708 g/mol. The number of halogens is 1. The molecule has 2 aliphatic heterocycles. The largest absolute Gasteiger partial charge is 0.450 e. The second-order valence-electron chi connectivity index (χ2n) is 11.9. The van der Waals surface area contributed by atoms with Crippen LogP contribution in [0, 0.1) is 0 Å². The van der Waals surface area contributed by atoms with Gasteiger partial charge in [0, 0.05) is 37.2 Å². The molecule has 2 aliphatic rings. The van der Waals surface area contributed by atoms with Crippen LogP contribution < -0.4 is 24.3 Å². The van der Waals surface area contributed by atoms with Crippen LogP contribution in [0.2, 0.25) is 5.15 Å². The number of nitrogens with zero attached hydrogens (tertiary/aromatic N) is 8. The molecule has 2 N–H and O–H groups in total. The predicted molar refractivity (Wildman–Crippen MR) is 193 cm³/mol. The van der Waals surface area contributed by atoms with Crippen molar-refractivity contribution in [2.24, 2.45) is 0 Å². The molecule has 10 rings (SSSR count). The second-order valence-corrected chi connectivity index (χ2v) is 14.0. The number of para-hydroxylation sites is 2. The van der Waals surface area contributed by atoms with Gasteiger partial charge in [0.15, 0.2) is 28.7 Å². The van der Waals surface area contributed by atoms with Crippen LogP contribution in [0.3, 0.4) is 0 Å². The van der Waals surface area contributed by atoms with Crippen molar-refractivity contribution in [1.82, 2.24) is 39.9 Å². The Kier molecular flexibility index (Phi) is 6.71. The van der Waals surface area contributed by atoms with Gasteiger partial charge in [-0.1, -0.05) is 29.8 Å². The van der Waals surface area contributed by atoms with Crippen molar-refractivity contribution < 1.29 is 22.1 Å². The van der Waals surface area contributed by atoms with E-state index >= 15 is 0 Å². The highest BCUT2D eigenvalue weighted by Gasteiger charge is 2.30. The zero-order valence-corrected chi connectivity index (χ0v) is 28.1. The van der Waals surface area contributed by atoms with E-state index in [1.165, 1.54) is 12.3 Å². The molecule has 17 heteroatoms. The number of benzene rings is 4. The third-order valence-electron chi connectivity index (χ3n) is 8.70. The van der Waals surface area contributed by atoms with Crippen LogP contribution in [-0.2, 0) is 16.5 Å². The van der Waals surface area contributed by atoms with Crippen LogP contribution in [0.15, 0.2) is 79.8 Å². The molecule has 4 aromatic heterocycles. The molecule has 0 atom stereocenters. The molecule has 4 aromatic carbocycles. The SMILES string of the molecule is O=S(=O)(CCCc1cccc2c1Oc1c(c3ncc(Cl)nc3c3nccnc13)N2)Oc1cccc2c1Oc1c(c3nccnc3c3nccnc13)N2. The van der Waals surface area contributed by atoms with Gasteiger partial charge in [-0.15, -0.1) is 0 Å². The van der Waals surface area contributed by atoms with Crippen LogP contribution in [0.5, 0.6) is 28.7 Å². The van der Waals surface area contributed by atoms with Crippen molar-refractivity contribution >= 4 is 88.6 Å². The summed E-state index contributed by atoms with van der Waals surface area (Å²) in [6.45, 7) is 0. The van der Waals surface area contributed by atoms with Crippen LogP contribution >= 0.6 is 11.6 Å². The molecule has 0 bridgehead atoms. The Labute approximate surface area is 298 Å². The number of rotatable bonds is 6. The van der Waals surface area contributed by atoms with Crippen molar-refractivity contribution in [2.75, 3.05) is 16.4 Å². The fraction of sp³-hybridized carbons (Fsp3) is 0.0857. The third kappa shape index (κ3) is 4.83. The minimum atomic E-state index is -4.08. The first kappa shape index (κ1) is 30.3. The maximum atomic E-state index is 13.4. The first-order valence-corrected chi connectivity index (χ1v) is 17.9. The molecular formula is C35H21ClN10O5S. The summed E-state index contributed by atoms with van der Waals surface area (Å²) in [7, 11) is -4.08. The topological polar surface area (TPSA) is 189 Å². The number of aromatic nitrogens is 8. The van der Waals surface area contributed by atoms with Crippen molar-refractivity contribution in [1.29, 1.82) is 0 Å². The molecule has 15 nitrogen and oxygen atoms in total. The molecule has 254 valence electrons. The van der Waals surface area contributed by atoms with E-state index < -0.39 is 10.1 Å². The molecule has 0 spiro atoms. The van der Waals surface area contributed by atoms with E-state index in [0.717, 1.165) is 5.56 Å². The standard InChI is InChI=1S/C35H21ClN10O5S/c36-21-16-43-26-27(46-21)25-29(42-14-12-40-25)34-31(26)44-18-6-1-4-17(32(18)49-34)5-3-15-52(47,48)51-20-8-2-7-19-33(20)50-35-28-23(38-11-13-41-28)22-24(30(35)45-19)39-10-9-37-22/h1-2,4,6-14,16,44-45H,3,5,15H2. The van der Waals surface area contributed by atoms with E-state index in [2.05, 4.69) is 50.5 Å². The zero-order chi connectivity index (χ0) is 35.0. The number of fused-ring (bicyclic) bond motifs is 14. The molecule has 6 heterocycles. The van der Waals surface area contributed by atoms with E-state index in [1.807, 2.05) is 18.2 Å². The maximum absolute atomic E-state index is 13.4. The highest BCUT2D eigenvalue weighted by Crippen LogP contribution is 2.52. The molecule has 0 radical (unpaired) electrons. The van der Waals surface area contributed by atoms with Gasteiger partial charge in [0.1, 0.15) is 60.7 Å². The number of hydrogen-bond donors (Lipinski definition) is 2. The Morgan fingerprint density at radius 3 is 1.85 bits per heavy atom. The first-order chi connectivity index (χ1) is 25.4. The second kappa shape index (κ2) is 11.5. The number of anilines is 4. The Hall–Kier alpha value is -6.52. The highest BCUT2D eigenvalue weighted by molar-refractivity contribution is 7.87. The van der Waals surface area contributed by atoms with E-state index in [-0.39, 0.29) is 28.8 Å². The van der Waals surface area contributed by atoms with Crippen molar-refractivity contribution in [3.8, 4) is 28.7 Å². The van der Waals surface area contributed by atoms with Gasteiger partial charge in [0.25, 0.3) is 0 Å². The van der Waals surface area contributed by atoms with E-state index in [9.17, 15) is 8.42 Å². The van der Waals surface area contributed by atoms with Crippen LogP contribution in [-0.4, -0.2) is 54.0 Å². The van der Waals surface area contributed by atoms with Crippen LogP contribution in [0.4, 0.5) is 22.7 Å². The molecule has 0 aliphatic carbocycles. The van der Waals surface area contributed by atoms with E-state index in [1.54, 1.807) is 49.3 Å². The first-order valence-electron chi connectivity index (χ1n) is 15.9. The molecule has 8 aromatic rings. The molecule has 0 amide bonds. The van der Waals surface area contributed by atoms with Crippen molar-refractivity contribution in [3.63, 3.8) is 0 Å². The Morgan fingerprint density at radius 1 is 0.615 bits per heavy atom. The number of ether oxygens (including phenoxy) is 2. The minimum absolute atomic E-state index is 0.0257. The van der Waals surface area contributed by atoms with Gasteiger partial charge in [-0.05, 0) is 36.6 Å². The lowest BCUT2D eigenvalue weighted by molar-refractivity contribution is 0.436.